The SMILES string of the molecule is COCCN(C1CC1)C(CN)c1ccc(C)c(Br)c1. The van der Waals surface area contributed by atoms with Crippen molar-refractivity contribution < 1.29 is 4.74 Å². The van der Waals surface area contributed by atoms with Gasteiger partial charge < -0.3 is 10.5 Å². The fourth-order valence-corrected chi connectivity index (χ4v) is 2.87. The predicted octanol–water partition coefficient (Wildman–Crippen LogP) is 2.87. The first-order valence-corrected chi connectivity index (χ1v) is 7.67. The highest BCUT2D eigenvalue weighted by Crippen LogP contribution is 2.34. The standard InChI is InChI=1S/C15H23BrN2O/c1-11-3-4-12(9-14(11)16)15(10-17)18(7-8-19-2)13-5-6-13/h3-4,9,13,15H,5-8,10,17H2,1-2H3. The molecule has 1 saturated carbocycles. The third-order valence-corrected chi connectivity index (χ3v) is 4.63. The first-order chi connectivity index (χ1) is 9.17. The molecule has 0 aliphatic heterocycles. The summed E-state index contributed by atoms with van der Waals surface area (Å²) in [7, 11) is 1.75. The maximum atomic E-state index is 6.03. The molecule has 19 heavy (non-hydrogen) atoms. The van der Waals surface area contributed by atoms with Crippen LogP contribution >= 0.6 is 15.9 Å². The molecule has 1 aromatic rings. The van der Waals surface area contributed by atoms with Gasteiger partial charge >= 0.3 is 0 Å². The number of methoxy groups -OCH3 is 1. The molecule has 1 fully saturated rings. The van der Waals surface area contributed by atoms with E-state index in [4.69, 9.17) is 10.5 Å². The smallest absolute Gasteiger partial charge is 0.0590 e. The highest BCUT2D eigenvalue weighted by atomic mass is 79.9. The van der Waals surface area contributed by atoms with Crippen LogP contribution in [0.5, 0.6) is 0 Å². The number of hydrogen-bond donors (Lipinski definition) is 1. The van der Waals surface area contributed by atoms with Gasteiger partial charge in [-0.2, -0.15) is 0 Å². The van der Waals surface area contributed by atoms with Gasteiger partial charge in [0, 0.05) is 36.8 Å². The maximum Gasteiger partial charge on any atom is 0.0590 e. The minimum absolute atomic E-state index is 0.291. The van der Waals surface area contributed by atoms with Crippen LogP contribution in [0.2, 0.25) is 0 Å². The highest BCUT2D eigenvalue weighted by Gasteiger charge is 2.33. The normalized spacial score (nSPS) is 16.9. The Bertz CT molecular complexity index is 421. The molecule has 1 unspecified atom stereocenters. The van der Waals surface area contributed by atoms with Gasteiger partial charge in [-0.1, -0.05) is 28.1 Å². The zero-order chi connectivity index (χ0) is 13.8. The molecular formula is C15H23BrN2O. The summed E-state index contributed by atoms with van der Waals surface area (Å²) in [6, 6.07) is 7.53. The molecule has 2 rings (SSSR count). The van der Waals surface area contributed by atoms with Gasteiger partial charge in [0.05, 0.1) is 6.61 Å². The van der Waals surface area contributed by atoms with Crippen LogP contribution in [0.3, 0.4) is 0 Å². The molecule has 0 radical (unpaired) electrons. The van der Waals surface area contributed by atoms with E-state index in [1.54, 1.807) is 7.11 Å². The number of nitrogens with two attached hydrogens (primary N) is 1. The van der Waals surface area contributed by atoms with Crippen molar-refractivity contribution >= 4 is 15.9 Å². The lowest BCUT2D eigenvalue weighted by atomic mass is 10.0. The number of nitrogens with zero attached hydrogens (tertiary/aromatic N) is 1. The Morgan fingerprint density at radius 3 is 2.74 bits per heavy atom. The second-order valence-electron chi connectivity index (χ2n) is 5.22. The molecule has 106 valence electrons. The summed E-state index contributed by atoms with van der Waals surface area (Å²) in [5.74, 6) is 0. The molecule has 0 amide bonds. The lowest BCUT2D eigenvalue weighted by molar-refractivity contribution is 0.115. The van der Waals surface area contributed by atoms with Crippen molar-refractivity contribution in [1.29, 1.82) is 0 Å². The summed E-state index contributed by atoms with van der Waals surface area (Å²) >= 11 is 3.61. The summed E-state index contributed by atoms with van der Waals surface area (Å²) in [6.45, 7) is 4.47. The summed E-state index contributed by atoms with van der Waals surface area (Å²) in [5.41, 5.74) is 8.59. The van der Waals surface area contributed by atoms with Gasteiger partial charge in [0.2, 0.25) is 0 Å². The molecule has 1 aliphatic carbocycles. The Morgan fingerprint density at radius 1 is 1.47 bits per heavy atom. The van der Waals surface area contributed by atoms with Crippen molar-refractivity contribution in [2.24, 2.45) is 5.73 Å². The molecule has 4 heteroatoms. The fourth-order valence-electron chi connectivity index (χ4n) is 2.48. The zero-order valence-electron chi connectivity index (χ0n) is 11.7. The molecular weight excluding hydrogens is 304 g/mol. The van der Waals surface area contributed by atoms with E-state index in [1.165, 1.54) is 24.0 Å². The van der Waals surface area contributed by atoms with Crippen molar-refractivity contribution in [1.82, 2.24) is 4.90 Å². The third-order valence-electron chi connectivity index (χ3n) is 3.77. The molecule has 1 aromatic carbocycles. The van der Waals surface area contributed by atoms with E-state index in [9.17, 15) is 0 Å². The molecule has 1 atom stereocenters. The van der Waals surface area contributed by atoms with Crippen LogP contribution in [-0.2, 0) is 4.74 Å². The van der Waals surface area contributed by atoms with Gasteiger partial charge in [0.15, 0.2) is 0 Å². The van der Waals surface area contributed by atoms with E-state index in [0.29, 0.717) is 18.6 Å². The van der Waals surface area contributed by atoms with E-state index in [0.717, 1.165) is 17.6 Å². The van der Waals surface area contributed by atoms with Crippen LogP contribution in [0, 0.1) is 6.92 Å². The van der Waals surface area contributed by atoms with Gasteiger partial charge in [-0.15, -0.1) is 0 Å². The van der Waals surface area contributed by atoms with E-state index in [2.05, 4.69) is 46.0 Å². The van der Waals surface area contributed by atoms with Crippen LogP contribution in [0.15, 0.2) is 22.7 Å². The predicted molar refractivity (Wildman–Crippen MR) is 82.3 cm³/mol. The Hall–Kier alpha value is -0.420. The second-order valence-corrected chi connectivity index (χ2v) is 6.08. The minimum Gasteiger partial charge on any atom is -0.383 e. The van der Waals surface area contributed by atoms with Crippen molar-refractivity contribution in [3.63, 3.8) is 0 Å². The number of rotatable bonds is 7. The second kappa shape index (κ2) is 6.84. The van der Waals surface area contributed by atoms with E-state index < -0.39 is 0 Å². The van der Waals surface area contributed by atoms with E-state index in [-0.39, 0.29) is 0 Å². The van der Waals surface area contributed by atoms with Gasteiger partial charge in [0.25, 0.3) is 0 Å². The summed E-state index contributed by atoms with van der Waals surface area (Å²) in [6.07, 6.45) is 2.57. The lowest BCUT2D eigenvalue weighted by Crippen LogP contribution is -2.37. The van der Waals surface area contributed by atoms with Gasteiger partial charge in [-0.05, 0) is 37.0 Å². The number of ether oxygens (including phenoxy) is 1. The quantitative estimate of drug-likeness (QED) is 0.837. The van der Waals surface area contributed by atoms with Gasteiger partial charge in [-0.25, -0.2) is 0 Å². The van der Waals surface area contributed by atoms with Crippen molar-refractivity contribution in [3.8, 4) is 0 Å². The molecule has 1 aliphatic rings. The zero-order valence-corrected chi connectivity index (χ0v) is 13.3. The summed E-state index contributed by atoms with van der Waals surface area (Å²) in [4.78, 5) is 2.50. The van der Waals surface area contributed by atoms with Crippen LogP contribution in [0.1, 0.15) is 30.0 Å². The molecule has 0 heterocycles. The molecule has 0 aromatic heterocycles. The highest BCUT2D eigenvalue weighted by molar-refractivity contribution is 9.10. The van der Waals surface area contributed by atoms with Crippen LogP contribution in [0.25, 0.3) is 0 Å². The Kier molecular flexibility index (Phi) is 5.39. The minimum atomic E-state index is 0.291. The number of aryl methyl sites for hydroxylation is 1. The van der Waals surface area contributed by atoms with Crippen molar-refractivity contribution in [3.05, 3.63) is 33.8 Å². The Labute approximate surface area is 124 Å². The number of benzene rings is 1. The largest absolute Gasteiger partial charge is 0.383 e. The topological polar surface area (TPSA) is 38.5 Å². The fraction of sp³-hybridized carbons (Fsp3) is 0.600. The first-order valence-electron chi connectivity index (χ1n) is 6.88. The Morgan fingerprint density at radius 2 is 2.21 bits per heavy atom. The van der Waals surface area contributed by atoms with Gasteiger partial charge in [0.1, 0.15) is 0 Å². The van der Waals surface area contributed by atoms with Crippen molar-refractivity contribution in [2.45, 2.75) is 31.8 Å². The van der Waals surface area contributed by atoms with Crippen LogP contribution in [-0.4, -0.2) is 37.7 Å². The summed E-state index contributed by atoms with van der Waals surface area (Å²) in [5, 5.41) is 0. The van der Waals surface area contributed by atoms with E-state index in [1.807, 2.05) is 0 Å². The van der Waals surface area contributed by atoms with Crippen molar-refractivity contribution in [2.75, 3.05) is 26.8 Å². The van der Waals surface area contributed by atoms with Crippen LogP contribution in [0.4, 0.5) is 0 Å². The van der Waals surface area contributed by atoms with Gasteiger partial charge in [-0.3, -0.25) is 4.90 Å². The molecule has 2 N–H and O–H groups in total. The van der Waals surface area contributed by atoms with Crippen LogP contribution < -0.4 is 5.73 Å². The average Bonchev–Trinajstić information content (AvgIpc) is 3.22. The molecule has 0 saturated heterocycles. The Balaban J connectivity index is 2.17. The molecule has 0 spiro atoms. The average molecular weight is 327 g/mol. The number of hydrogen-bond acceptors (Lipinski definition) is 3. The number of halogens is 1. The maximum absolute atomic E-state index is 6.03. The van der Waals surface area contributed by atoms with E-state index >= 15 is 0 Å². The monoisotopic (exact) mass is 326 g/mol. The molecule has 3 nitrogen and oxygen atoms in total. The first kappa shape index (κ1) is 15.0. The summed E-state index contributed by atoms with van der Waals surface area (Å²) < 4.78 is 6.39. The molecule has 0 bridgehead atoms. The lowest BCUT2D eigenvalue weighted by Gasteiger charge is -2.31. The third kappa shape index (κ3) is 3.78.